The van der Waals surface area contributed by atoms with Crippen molar-refractivity contribution in [2.75, 3.05) is 27.2 Å². The second kappa shape index (κ2) is 11.3. The molecule has 0 bridgehead atoms. The van der Waals surface area contributed by atoms with Crippen LogP contribution in [0.3, 0.4) is 0 Å². The summed E-state index contributed by atoms with van der Waals surface area (Å²) in [4.78, 5) is 49.2. The molecule has 0 radical (unpaired) electrons. The molecular formula is C25H29N3O6. The van der Waals surface area contributed by atoms with Crippen LogP contribution < -0.4 is 10.6 Å². The number of hydrogen-bond acceptors (Lipinski definition) is 5. The molecule has 9 nitrogen and oxygen atoms in total. The fraction of sp³-hybridized carbons (Fsp3) is 0.360. The van der Waals surface area contributed by atoms with Gasteiger partial charge in [0.25, 0.3) is 0 Å². The highest BCUT2D eigenvalue weighted by atomic mass is 16.5. The van der Waals surface area contributed by atoms with Crippen molar-refractivity contribution in [3.05, 3.63) is 59.7 Å². The van der Waals surface area contributed by atoms with Crippen LogP contribution in [0, 0.1) is 0 Å². The van der Waals surface area contributed by atoms with Crippen molar-refractivity contribution in [2.24, 2.45) is 0 Å². The predicted octanol–water partition coefficient (Wildman–Crippen LogP) is 2.35. The van der Waals surface area contributed by atoms with E-state index in [0.717, 1.165) is 22.3 Å². The molecule has 1 aliphatic rings. The van der Waals surface area contributed by atoms with Crippen LogP contribution in [0.25, 0.3) is 11.1 Å². The molecule has 3 N–H and O–H groups in total. The molecule has 3 rings (SSSR count). The zero-order chi connectivity index (χ0) is 24.7. The van der Waals surface area contributed by atoms with Crippen LogP contribution >= 0.6 is 0 Å². The first-order chi connectivity index (χ1) is 16.3. The average molecular weight is 468 g/mol. The largest absolute Gasteiger partial charge is 0.481 e. The number of alkyl carbamates (subject to hydrolysis) is 1. The van der Waals surface area contributed by atoms with Crippen molar-refractivity contribution in [1.82, 2.24) is 15.5 Å². The molecule has 1 atom stereocenters. The molecule has 180 valence electrons. The average Bonchev–Trinajstić information content (AvgIpc) is 3.13. The topological polar surface area (TPSA) is 125 Å². The van der Waals surface area contributed by atoms with Gasteiger partial charge in [-0.25, -0.2) is 4.79 Å². The minimum Gasteiger partial charge on any atom is -0.481 e. The predicted molar refractivity (Wildman–Crippen MR) is 125 cm³/mol. The van der Waals surface area contributed by atoms with E-state index in [1.54, 1.807) is 14.1 Å². The van der Waals surface area contributed by atoms with Crippen molar-refractivity contribution in [3.8, 4) is 11.1 Å². The Balaban J connectivity index is 1.56. The van der Waals surface area contributed by atoms with Crippen LogP contribution in [0.2, 0.25) is 0 Å². The second-order valence-corrected chi connectivity index (χ2v) is 8.30. The third-order valence-electron chi connectivity index (χ3n) is 5.70. The quantitative estimate of drug-likeness (QED) is 0.461. The zero-order valence-electron chi connectivity index (χ0n) is 19.2. The van der Waals surface area contributed by atoms with Gasteiger partial charge in [0.05, 0.1) is 6.42 Å². The number of carbonyl (C=O) groups excluding carboxylic acids is 3. The molecule has 0 saturated carbocycles. The zero-order valence-corrected chi connectivity index (χ0v) is 19.2. The molecule has 9 heteroatoms. The number of carboxylic acid groups (broad SMARTS) is 1. The summed E-state index contributed by atoms with van der Waals surface area (Å²) in [6, 6.07) is 14.5. The van der Waals surface area contributed by atoms with Crippen LogP contribution in [-0.2, 0) is 19.1 Å². The molecule has 2 aromatic rings. The summed E-state index contributed by atoms with van der Waals surface area (Å²) in [6.45, 7) is 0.231. The van der Waals surface area contributed by atoms with Gasteiger partial charge in [0, 0.05) is 33.0 Å². The maximum absolute atomic E-state index is 12.5. The number of rotatable bonds is 10. The van der Waals surface area contributed by atoms with Crippen molar-refractivity contribution in [1.29, 1.82) is 0 Å². The van der Waals surface area contributed by atoms with Gasteiger partial charge >= 0.3 is 12.1 Å². The van der Waals surface area contributed by atoms with Crippen LogP contribution in [0.1, 0.15) is 36.3 Å². The molecule has 0 saturated heterocycles. The Hall–Kier alpha value is -3.88. The Kier molecular flexibility index (Phi) is 8.24. The van der Waals surface area contributed by atoms with Gasteiger partial charge in [-0.05, 0) is 28.7 Å². The highest BCUT2D eigenvalue weighted by Gasteiger charge is 2.30. The number of nitrogens with zero attached hydrogens (tertiary/aromatic N) is 1. The molecule has 2 aromatic carbocycles. The number of ether oxygens (including phenoxy) is 1. The third kappa shape index (κ3) is 6.12. The molecule has 1 unspecified atom stereocenters. The summed E-state index contributed by atoms with van der Waals surface area (Å²) < 4.78 is 5.41. The van der Waals surface area contributed by atoms with E-state index in [1.165, 1.54) is 4.90 Å². The van der Waals surface area contributed by atoms with Gasteiger partial charge in [0.15, 0.2) is 0 Å². The van der Waals surface area contributed by atoms with E-state index in [9.17, 15) is 19.2 Å². The molecule has 34 heavy (non-hydrogen) atoms. The molecule has 0 spiro atoms. The molecular weight excluding hydrogens is 438 g/mol. The minimum absolute atomic E-state index is 0.0495. The highest BCUT2D eigenvalue weighted by molar-refractivity contribution is 5.89. The molecule has 0 aliphatic heterocycles. The van der Waals surface area contributed by atoms with Crippen LogP contribution in [0.4, 0.5) is 4.79 Å². The monoisotopic (exact) mass is 467 g/mol. The normalized spacial score (nSPS) is 12.8. The summed E-state index contributed by atoms with van der Waals surface area (Å²) >= 11 is 0. The van der Waals surface area contributed by atoms with Crippen LogP contribution in [0.5, 0.6) is 0 Å². The number of amides is 3. The second-order valence-electron chi connectivity index (χ2n) is 8.30. The van der Waals surface area contributed by atoms with E-state index in [2.05, 4.69) is 10.6 Å². The third-order valence-corrected chi connectivity index (χ3v) is 5.70. The Labute approximate surface area is 198 Å². The number of benzene rings is 2. The smallest absolute Gasteiger partial charge is 0.407 e. The molecule has 0 heterocycles. The fourth-order valence-electron chi connectivity index (χ4n) is 3.96. The summed E-state index contributed by atoms with van der Waals surface area (Å²) in [7, 11) is 3.28. The van der Waals surface area contributed by atoms with Gasteiger partial charge in [-0.15, -0.1) is 0 Å². The Morgan fingerprint density at radius 2 is 1.59 bits per heavy atom. The minimum atomic E-state index is -1.29. The van der Waals surface area contributed by atoms with Gasteiger partial charge in [-0.2, -0.15) is 0 Å². The molecule has 0 fully saturated rings. The van der Waals surface area contributed by atoms with Gasteiger partial charge in [0.1, 0.15) is 12.6 Å². The maximum Gasteiger partial charge on any atom is 0.407 e. The van der Waals surface area contributed by atoms with Crippen molar-refractivity contribution in [2.45, 2.75) is 31.2 Å². The van der Waals surface area contributed by atoms with E-state index in [-0.39, 0.29) is 31.4 Å². The van der Waals surface area contributed by atoms with Crippen molar-refractivity contribution < 1.29 is 29.0 Å². The Morgan fingerprint density at radius 3 is 2.15 bits per heavy atom. The van der Waals surface area contributed by atoms with E-state index in [4.69, 9.17) is 9.84 Å². The van der Waals surface area contributed by atoms with E-state index in [1.807, 2.05) is 48.5 Å². The van der Waals surface area contributed by atoms with E-state index < -0.39 is 30.4 Å². The lowest BCUT2D eigenvalue weighted by atomic mass is 9.98. The van der Waals surface area contributed by atoms with Crippen LogP contribution in [0.15, 0.2) is 48.5 Å². The first-order valence-electron chi connectivity index (χ1n) is 11.1. The number of carboxylic acids is 1. The SMILES string of the molecule is CN(C)C(=O)CCCNC(=O)C(CC(=O)O)NC(=O)OCC1c2ccccc2-c2ccccc21. The molecule has 0 aromatic heterocycles. The van der Waals surface area contributed by atoms with Gasteiger partial charge in [-0.3, -0.25) is 14.4 Å². The summed E-state index contributed by atoms with van der Waals surface area (Å²) in [5.74, 6) is -2.11. The first kappa shape index (κ1) is 24.8. The number of carbonyl (C=O) groups is 4. The van der Waals surface area contributed by atoms with Crippen molar-refractivity contribution in [3.63, 3.8) is 0 Å². The van der Waals surface area contributed by atoms with Gasteiger partial charge < -0.3 is 25.4 Å². The number of nitrogens with one attached hydrogen (secondary N) is 2. The number of hydrogen-bond donors (Lipinski definition) is 3. The van der Waals surface area contributed by atoms with Gasteiger partial charge in [0.2, 0.25) is 11.8 Å². The first-order valence-corrected chi connectivity index (χ1v) is 11.1. The van der Waals surface area contributed by atoms with E-state index >= 15 is 0 Å². The Morgan fingerprint density at radius 1 is 1.00 bits per heavy atom. The van der Waals surface area contributed by atoms with Crippen LogP contribution in [-0.4, -0.2) is 67.2 Å². The lowest BCUT2D eigenvalue weighted by molar-refractivity contribution is -0.139. The molecule has 1 aliphatic carbocycles. The number of aliphatic carboxylic acids is 1. The summed E-state index contributed by atoms with van der Waals surface area (Å²) in [5.41, 5.74) is 4.26. The standard InChI is InChI=1S/C25H29N3O6/c1-28(2)22(29)12-7-13-26-24(32)21(14-23(30)31)27-25(33)34-15-20-18-10-5-3-8-16(18)17-9-4-6-11-19(17)20/h3-6,8-11,20-21H,7,12-15H2,1-2H3,(H,26,32)(H,27,33)(H,30,31). The lowest BCUT2D eigenvalue weighted by Crippen LogP contribution is -2.48. The van der Waals surface area contributed by atoms with E-state index in [0.29, 0.717) is 6.42 Å². The summed E-state index contributed by atoms with van der Waals surface area (Å²) in [6.07, 6.45) is -0.817. The fourth-order valence-corrected chi connectivity index (χ4v) is 3.96. The lowest BCUT2D eigenvalue weighted by Gasteiger charge is -2.19. The highest BCUT2D eigenvalue weighted by Crippen LogP contribution is 2.44. The maximum atomic E-state index is 12.5. The Bertz CT molecular complexity index is 1020. The molecule has 3 amide bonds. The van der Waals surface area contributed by atoms with Gasteiger partial charge in [-0.1, -0.05) is 48.5 Å². The van der Waals surface area contributed by atoms with Crippen molar-refractivity contribution >= 4 is 23.9 Å². The summed E-state index contributed by atoms with van der Waals surface area (Å²) in [5, 5.41) is 14.1. The number of fused-ring (bicyclic) bond motifs is 3.